The minimum Gasteiger partial charge on any atom is -0.495 e. The molecule has 0 atom stereocenters. The second-order valence-corrected chi connectivity index (χ2v) is 10.00. The molecule has 4 rings (SSSR count). The average Bonchev–Trinajstić information content (AvgIpc) is 2.96. The summed E-state index contributed by atoms with van der Waals surface area (Å²) in [5, 5.41) is 3.99. The van der Waals surface area contributed by atoms with Gasteiger partial charge in [-0.25, -0.2) is 13.8 Å². The van der Waals surface area contributed by atoms with Crippen molar-refractivity contribution in [2.24, 2.45) is 5.10 Å². The molecule has 194 valence electrons. The zero-order valence-corrected chi connectivity index (χ0v) is 21.5. The van der Waals surface area contributed by atoms with Crippen molar-refractivity contribution in [3.63, 3.8) is 0 Å². The Hall–Kier alpha value is -4.63. The second kappa shape index (κ2) is 12.6. The third-order valence-electron chi connectivity index (χ3n) is 5.50. The first-order chi connectivity index (χ1) is 18.5. The molecule has 0 saturated heterocycles. The molecule has 38 heavy (non-hydrogen) atoms. The van der Waals surface area contributed by atoms with Crippen molar-refractivity contribution < 1.29 is 22.7 Å². The Morgan fingerprint density at radius 1 is 0.868 bits per heavy atom. The molecule has 1 N–H and O–H groups in total. The van der Waals surface area contributed by atoms with Crippen LogP contribution in [0.15, 0.2) is 119 Å². The van der Waals surface area contributed by atoms with Gasteiger partial charge >= 0.3 is 0 Å². The van der Waals surface area contributed by atoms with Gasteiger partial charge in [-0.3, -0.25) is 9.10 Å². The Labute approximate surface area is 222 Å². The highest BCUT2D eigenvalue weighted by molar-refractivity contribution is 7.92. The van der Waals surface area contributed by atoms with E-state index in [1.54, 1.807) is 54.6 Å². The Kier molecular flexibility index (Phi) is 8.73. The Morgan fingerprint density at radius 3 is 2.18 bits per heavy atom. The molecule has 0 aliphatic carbocycles. The number of hydrogen-bond donors (Lipinski definition) is 1. The molecular weight excluding hydrogens is 502 g/mol. The standard InChI is InChI=1S/C29H27N3O5S/c1-36-28-15-9-8-14-27(28)32(38(34,35)26-12-6-3-7-13-26)21-29(33)31-30-20-23-16-18-25(19-17-23)37-22-24-10-4-2-5-11-24/h2-20H,21-22H2,1H3,(H,31,33)/b30-20-. The third-order valence-corrected chi connectivity index (χ3v) is 7.28. The summed E-state index contributed by atoms with van der Waals surface area (Å²) < 4.78 is 39.0. The molecule has 0 aromatic heterocycles. The summed E-state index contributed by atoms with van der Waals surface area (Å²) in [6.45, 7) is -0.0415. The molecule has 0 aliphatic heterocycles. The largest absolute Gasteiger partial charge is 0.495 e. The number of nitrogens with one attached hydrogen (secondary N) is 1. The minimum absolute atomic E-state index is 0.0526. The first kappa shape index (κ1) is 26.4. The third kappa shape index (κ3) is 6.77. The fourth-order valence-corrected chi connectivity index (χ4v) is 5.04. The van der Waals surface area contributed by atoms with Crippen LogP contribution >= 0.6 is 0 Å². The van der Waals surface area contributed by atoms with Crippen LogP contribution in [0.2, 0.25) is 0 Å². The van der Waals surface area contributed by atoms with Crippen LogP contribution in [0.5, 0.6) is 11.5 Å². The van der Waals surface area contributed by atoms with E-state index >= 15 is 0 Å². The van der Waals surface area contributed by atoms with E-state index in [9.17, 15) is 13.2 Å². The minimum atomic E-state index is -4.06. The van der Waals surface area contributed by atoms with Gasteiger partial charge in [0.15, 0.2) is 0 Å². The number of anilines is 1. The molecule has 4 aromatic rings. The fourth-order valence-electron chi connectivity index (χ4n) is 3.59. The number of nitrogens with zero attached hydrogens (tertiary/aromatic N) is 2. The van der Waals surface area contributed by atoms with Crippen molar-refractivity contribution in [3.8, 4) is 11.5 Å². The van der Waals surface area contributed by atoms with E-state index < -0.39 is 22.5 Å². The van der Waals surface area contributed by atoms with Gasteiger partial charge in [-0.05, 0) is 59.7 Å². The number of carbonyl (C=O) groups is 1. The van der Waals surface area contributed by atoms with Gasteiger partial charge < -0.3 is 9.47 Å². The van der Waals surface area contributed by atoms with E-state index in [1.165, 1.54) is 25.5 Å². The summed E-state index contributed by atoms with van der Waals surface area (Å²) >= 11 is 0. The molecule has 0 aliphatic rings. The lowest BCUT2D eigenvalue weighted by molar-refractivity contribution is -0.119. The van der Waals surface area contributed by atoms with Crippen LogP contribution < -0.4 is 19.2 Å². The van der Waals surface area contributed by atoms with Gasteiger partial charge in [0, 0.05) is 0 Å². The van der Waals surface area contributed by atoms with Crippen LogP contribution in [0.1, 0.15) is 11.1 Å². The molecular formula is C29H27N3O5S. The van der Waals surface area contributed by atoms with E-state index in [-0.39, 0.29) is 10.6 Å². The molecule has 9 heteroatoms. The number of methoxy groups -OCH3 is 1. The molecule has 0 bridgehead atoms. The normalized spacial score (nSPS) is 11.2. The second-order valence-electron chi connectivity index (χ2n) is 8.13. The van der Waals surface area contributed by atoms with Gasteiger partial charge in [0.05, 0.1) is 23.9 Å². The number of hydrogen-bond acceptors (Lipinski definition) is 6. The fraction of sp³-hybridized carbons (Fsp3) is 0.103. The number of para-hydroxylation sites is 2. The lowest BCUT2D eigenvalue weighted by atomic mass is 10.2. The Bertz CT molecular complexity index is 1480. The first-order valence-electron chi connectivity index (χ1n) is 11.8. The van der Waals surface area contributed by atoms with Crippen LogP contribution in [0.3, 0.4) is 0 Å². The van der Waals surface area contributed by atoms with Gasteiger partial charge in [-0.2, -0.15) is 5.10 Å². The summed E-state index contributed by atoms with van der Waals surface area (Å²) in [6.07, 6.45) is 1.47. The number of ether oxygens (including phenoxy) is 2. The maximum Gasteiger partial charge on any atom is 0.264 e. The first-order valence-corrected chi connectivity index (χ1v) is 13.2. The van der Waals surface area contributed by atoms with Crippen molar-refractivity contribution in [2.45, 2.75) is 11.5 Å². The molecule has 0 radical (unpaired) electrons. The number of amides is 1. The summed E-state index contributed by atoms with van der Waals surface area (Å²) in [7, 11) is -2.62. The molecule has 0 fully saturated rings. The predicted molar refractivity (Wildman–Crippen MR) is 147 cm³/mol. The number of hydrazone groups is 1. The van der Waals surface area contributed by atoms with Crippen LogP contribution in [-0.2, 0) is 21.4 Å². The van der Waals surface area contributed by atoms with Gasteiger partial charge in [0.1, 0.15) is 24.7 Å². The lowest BCUT2D eigenvalue weighted by Crippen LogP contribution is -2.39. The Morgan fingerprint density at radius 2 is 1.50 bits per heavy atom. The Balaban J connectivity index is 1.43. The average molecular weight is 530 g/mol. The van der Waals surface area contributed by atoms with E-state index in [4.69, 9.17) is 9.47 Å². The van der Waals surface area contributed by atoms with Crippen LogP contribution in [0, 0.1) is 0 Å². The van der Waals surface area contributed by atoms with Crippen molar-refractivity contribution in [1.29, 1.82) is 0 Å². The van der Waals surface area contributed by atoms with Crippen LogP contribution in [0.4, 0.5) is 5.69 Å². The number of rotatable bonds is 11. The highest BCUT2D eigenvalue weighted by Gasteiger charge is 2.29. The molecule has 0 heterocycles. The van der Waals surface area contributed by atoms with E-state index in [1.807, 2.05) is 42.5 Å². The smallest absolute Gasteiger partial charge is 0.264 e. The van der Waals surface area contributed by atoms with Gasteiger partial charge in [0.25, 0.3) is 15.9 Å². The maximum atomic E-state index is 13.4. The van der Waals surface area contributed by atoms with Crippen molar-refractivity contribution in [2.75, 3.05) is 18.0 Å². The molecule has 0 unspecified atom stereocenters. The number of benzene rings is 4. The van der Waals surface area contributed by atoms with E-state index in [0.29, 0.717) is 18.1 Å². The van der Waals surface area contributed by atoms with Gasteiger partial charge in [-0.15, -0.1) is 0 Å². The van der Waals surface area contributed by atoms with E-state index in [2.05, 4.69) is 10.5 Å². The molecule has 1 amide bonds. The monoisotopic (exact) mass is 529 g/mol. The SMILES string of the molecule is COc1ccccc1N(CC(=O)N/N=C\c1ccc(OCc2ccccc2)cc1)S(=O)(=O)c1ccccc1. The number of sulfonamides is 1. The van der Waals surface area contributed by atoms with Crippen molar-refractivity contribution >= 4 is 27.8 Å². The molecule has 0 saturated carbocycles. The highest BCUT2D eigenvalue weighted by atomic mass is 32.2. The topological polar surface area (TPSA) is 97.3 Å². The van der Waals surface area contributed by atoms with Crippen molar-refractivity contribution in [1.82, 2.24) is 5.43 Å². The summed E-state index contributed by atoms with van der Waals surface area (Å²) in [5.74, 6) is 0.404. The zero-order valence-electron chi connectivity index (χ0n) is 20.7. The van der Waals surface area contributed by atoms with Crippen molar-refractivity contribution in [3.05, 3.63) is 120 Å². The predicted octanol–water partition coefficient (Wildman–Crippen LogP) is 4.62. The maximum absolute atomic E-state index is 13.4. The summed E-state index contributed by atoms with van der Waals surface area (Å²) in [6, 6.07) is 31.6. The quantitative estimate of drug-likeness (QED) is 0.226. The van der Waals surface area contributed by atoms with Gasteiger partial charge in [-0.1, -0.05) is 60.7 Å². The van der Waals surface area contributed by atoms with Gasteiger partial charge in [0.2, 0.25) is 0 Å². The summed E-state index contributed by atoms with van der Waals surface area (Å²) in [5.41, 5.74) is 4.45. The molecule has 0 spiro atoms. The molecule has 8 nitrogen and oxygen atoms in total. The van der Waals surface area contributed by atoms with Crippen LogP contribution in [-0.4, -0.2) is 34.2 Å². The van der Waals surface area contributed by atoms with Crippen LogP contribution in [0.25, 0.3) is 0 Å². The molecule has 4 aromatic carbocycles. The highest BCUT2D eigenvalue weighted by Crippen LogP contribution is 2.32. The van der Waals surface area contributed by atoms with E-state index in [0.717, 1.165) is 15.4 Å². The zero-order chi connectivity index (χ0) is 26.8. The lowest BCUT2D eigenvalue weighted by Gasteiger charge is -2.25. The number of carbonyl (C=O) groups excluding carboxylic acids is 1. The summed E-state index contributed by atoms with van der Waals surface area (Å²) in [4.78, 5) is 12.8.